The van der Waals surface area contributed by atoms with Gasteiger partial charge in [-0.15, -0.1) is 0 Å². The lowest BCUT2D eigenvalue weighted by molar-refractivity contribution is 0.151. The minimum absolute atomic E-state index is 0.563. The van der Waals surface area contributed by atoms with E-state index in [0.717, 1.165) is 17.8 Å². The van der Waals surface area contributed by atoms with Crippen LogP contribution >= 0.6 is 0 Å². The van der Waals surface area contributed by atoms with Gasteiger partial charge in [-0.05, 0) is 98.7 Å². The molecule has 2 aliphatic carbocycles. The monoisotopic (exact) mass is 435 g/mol. The molecular formula is C30H42FN. The van der Waals surface area contributed by atoms with E-state index >= 15 is 0 Å². The highest BCUT2D eigenvalue weighted by molar-refractivity contribution is 5.22. The zero-order chi connectivity index (χ0) is 22.6. The van der Waals surface area contributed by atoms with Gasteiger partial charge in [-0.1, -0.05) is 75.4 Å². The molecule has 174 valence electrons. The number of aryl methyl sites for hydroxylation is 2. The Morgan fingerprint density at radius 3 is 2.09 bits per heavy atom. The summed E-state index contributed by atoms with van der Waals surface area (Å²) in [4.78, 5) is 0. The predicted molar refractivity (Wildman–Crippen MR) is 133 cm³/mol. The zero-order valence-corrected chi connectivity index (χ0v) is 20.1. The van der Waals surface area contributed by atoms with Crippen molar-refractivity contribution in [2.75, 3.05) is 0 Å². The van der Waals surface area contributed by atoms with Crippen LogP contribution in [-0.2, 0) is 12.8 Å². The molecule has 2 saturated carbocycles. The first-order valence-electron chi connectivity index (χ1n) is 13.2. The molecule has 1 nitrogen and oxygen atoms in total. The van der Waals surface area contributed by atoms with Crippen molar-refractivity contribution in [3.05, 3.63) is 59.4 Å². The molecule has 1 aromatic carbocycles. The topological polar surface area (TPSA) is 23.8 Å². The van der Waals surface area contributed by atoms with Crippen molar-refractivity contribution < 1.29 is 4.39 Å². The molecule has 0 aromatic heterocycles. The molecule has 0 amide bonds. The number of nitrogens with zero attached hydrogens (tertiary/aromatic N) is 1. The zero-order valence-electron chi connectivity index (χ0n) is 20.1. The molecular weight excluding hydrogens is 393 g/mol. The summed E-state index contributed by atoms with van der Waals surface area (Å²) < 4.78 is 12.9. The Balaban J connectivity index is 1.27. The van der Waals surface area contributed by atoms with Crippen LogP contribution in [0.2, 0.25) is 0 Å². The standard InChI is InChI=1S/C30H42FN/c1-2-6-24-11-13-25(14-12-24)7-3-4-8-26-15-19-28(20-16-26)29-21-17-27(18-22-29)9-5-10-30(31)23-32/h5,9-14,26-29H,2-4,6-8,15-22H2,1H3/b9-5+,30-10-. The van der Waals surface area contributed by atoms with E-state index in [0.29, 0.717) is 5.92 Å². The first kappa shape index (κ1) is 24.8. The van der Waals surface area contributed by atoms with Gasteiger partial charge in [0.25, 0.3) is 0 Å². The Labute approximate surface area is 195 Å². The second-order valence-electron chi connectivity index (χ2n) is 10.3. The summed E-state index contributed by atoms with van der Waals surface area (Å²) >= 11 is 0. The maximum Gasteiger partial charge on any atom is 0.199 e. The number of hydrogen-bond acceptors (Lipinski definition) is 1. The third-order valence-corrected chi connectivity index (χ3v) is 8.00. The van der Waals surface area contributed by atoms with Gasteiger partial charge in [0.1, 0.15) is 6.07 Å². The van der Waals surface area contributed by atoms with Crippen molar-refractivity contribution in [2.45, 2.75) is 96.8 Å². The highest BCUT2D eigenvalue weighted by Gasteiger charge is 2.30. The Morgan fingerprint density at radius 2 is 1.50 bits per heavy atom. The lowest BCUT2D eigenvalue weighted by Crippen LogP contribution is -2.25. The minimum atomic E-state index is -0.701. The van der Waals surface area contributed by atoms with Crippen LogP contribution in [0.1, 0.15) is 95.1 Å². The molecule has 2 heteroatoms. The smallest absolute Gasteiger partial charge is 0.195 e. The third kappa shape index (κ3) is 8.23. The van der Waals surface area contributed by atoms with Crippen molar-refractivity contribution in [1.82, 2.24) is 0 Å². The Bertz CT molecular complexity index is 753. The number of allylic oxidation sites excluding steroid dienone is 4. The number of benzene rings is 1. The number of halogens is 1. The van der Waals surface area contributed by atoms with E-state index in [-0.39, 0.29) is 0 Å². The van der Waals surface area contributed by atoms with Gasteiger partial charge in [0.05, 0.1) is 0 Å². The van der Waals surface area contributed by atoms with Gasteiger partial charge >= 0.3 is 0 Å². The SMILES string of the molecule is CCCc1ccc(CCCCC2CCC(C3CCC(/C=C/C=C(\F)C#N)CC3)CC2)cc1. The van der Waals surface area contributed by atoms with E-state index < -0.39 is 5.83 Å². The van der Waals surface area contributed by atoms with Crippen molar-refractivity contribution in [3.8, 4) is 6.07 Å². The van der Waals surface area contributed by atoms with Crippen LogP contribution in [-0.4, -0.2) is 0 Å². The molecule has 0 aliphatic heterocycles. The van der Waals surface area contributed by atoms with Crippen LogP contribution < -0.4 is 0 Å². The van der Waals surface area contributed by atoms with Gasteiger partial charge in [0.15, 0.2) is 5.83 Å². The molecule has 0 N–H and O–H groups in total. The number of nitriles is 1. The summed E-state index contributed by atoms with van der Waals surface area (Å²) in [5.41, 5.74) is 2.98. The van der Waals surface area contributed by atoms with Crippen molar-refractivity contribution >= 4 is 0 Å². The summed E-state index contributed by atoms with van der Waals surface area (Å²) in [5.74, 6) is 2.66. The lowest BCUT2D eigenvalue weighted by Gasteiger charge is -2.37. The molecule has 0 radical (unpaired) electrons. The minimum Gasteiger partial charge on any atom is -0.195 e. The fraction of sp³-hybridized carbons (Fsp3) is 0.633. The van der Waals surface area contributed by atoms with E-state index in [1.807, 2.05) is 0 Å². The molecule has 3 rings (SSSR count). The lowest BCUT2D eigenvalue weighted by atomic mass is 9.68. The molecule has 2 aliphatic rings. The van der Waals surface area contributed by atoms with Gasteiger partial charge in [-0.2, -0.15) is 9.65 Å². The van der Waals surface area contributed by atoms with Gasteiger partial charge in [0, 0.05) is 0 Å². The summed E-state index contributed by atoms with van der Waals surface area (Å²) in [6.45, 7) is 2.24. The molecule has 0 atom stereocenters. The molecule has 0 unspecified atom stereocenters. The van der Waals surface area contributed by atoms with E-state index in [1.165, 1.54) is 113 Å². The highest BCUT2D eigenvalue weighted by Crippen LogP contribution is 2.42. The molecule has 0 heterocycles. The van der Waals surface area contributed by atoms with Crippen LogP contribution in [0.4, 0.5) is 4.39 Å². The van der Waals surface area contributed by atoms with Gasteiger partial charge in [-0.3, -0.25) is 0 Å². The fourth-order valence-corrected chi connectivity index (χ4v) is 6.01. The predicted octanol–water partition coefficient (Wildman–Crippen LogP) is 8.90. The van der Waals surface area contributed by atoms with Crippen LogP contribution in [0.5, 0.6) is 0 Å². The van der Waals surface area contributed by atoms with Crippen molar-refractivity contribution in [1.29, 1.82) is 5.26 Å². The first-order chi connectivity index (χ1) is 15.7. The number of unbranched alkanes of at least 4 members (excludes halogenated alkanes) is 1. The fourth-order valence-electron chi connectivity index (χ4n) is 6.01. The first-order valence-corrected chi connectivity index (χ1v) is 13.2. The maximum absolute atomic E-state index is 12.9. The van der Waals surface area contributed by atoms with Gasteiger partial charge in [0.2, 0.25) is 0 Å². The normalized spacial score (nSPS) is 26.8. The van der Waals surface area contributed by atoms with Crippen LogP contribution in [0, 0.1) is 35.0 Å². The van der Waals surface area contributed by atoms with Gasteiger partial charge in [-0.25, -0.2) is 0 Å². The molecule has 1 aromatic rings. The van der Waals surface area contributed by atoms with Crippen LogP contribution in [0.3, 0.4) is 0 Å². The average molecular weight is 436 g/mol. The average Bonchev–Trinajstić information content (AvgIpc) is 2.84. The second-order valence-corrected chi connectivity index (χ2v) is 10.3. The van der Waals surface area contributed by atoms with Crippen molar-refractivity contribution in [2.24, 2.45) is 23.7 Å². The van der Waals surface area contributed by atoms with Crippen molar-refractivity contribution in [3.63, 3.8) is 0 Å². The number of rotatable bonds is 10. The number of hydrogen-bond donors (Lipinski definition) is 0. The molecule has 0 saturated heterocycles. The van der Waals surface area contributed by atoms with E-state index in [4.69, 9.17) is 5.26 Å². The molecule has 2 fully saturated rings. The van der Waals surface area contributed by atoms with Crippen LogP contribution in [0.25, 0.3) is 0 Å². The second kappa shape index (κ2) is 13.6. The third-order valence-electron chi connectivity index (χ3n) is 8.00. The summed E-state index contributed by atoms with van der Waals surface area (Å²) in [6.07, 6.45) is 23.8. The van der Waals surface area contributed by atoms with E-state index in [1.54, 1.807) is 6.08 Å². The quantitative estimate of drug-likeness (QED) is 0.204. The Morgan fingerprint density at radius 1 is 0.906 bits per heavy atom. The summed E-state index contributed by atoms with van der Waals surface area (Å²) in [6, 6.07) is 10.8. The molecule has 32 heavy (non-hydrogen) atoms. The van der Waals surface area contributed by atoms with Crippen LogP contribution in [0.15, 0.2) is 48.3 Å². The van der Waals surface area contributed by atoms with E-state index in [2.05, 4.69) is 37.3 Å². The molecule has 0 spiro atoms. The van der Waals surface area contributed by atoms with Gasteiger partial charge < -0.3 is 0 Å². The Kier molecular flexibility index (Phi) is 10.5. The maximum atomic E-state index is 12.9. The largest absolute Gasteiger partial charge is 0.199 e. The van der Waals surface area contributed by atoms with E-state index in [9.17, 15) is 4.39 Å². The highest BCUT2D eigenvalue weighted by atomic mass is 19.1. The summed E-state index contributed by atoms with van der Waals surface area (Å²) in [7, 11) is 0. The molecule has 0 bridgehead atoms. The Hall–Kier alpha value is -1.88. The summed E-state index contributed by atoms with van der Waals surface area (Å²) in [5, 5.41) is 8.47.